The first-order valence-corrected chi connectivity index (χ1v) is 6.11. The average molecular weight is 290 g/mol. The molecule has 1 saturated heterocycles. The number of carbonyl (C=O) groups excluding carboxylic acids is 2. The van der Waals surface area contributed by atoms with Crippen molar-refractivity contribution in [2.45, 2.75) is 25.4 Å². The Morgan fingerprint density at radius 1 is 1.20 bits per heavy atom. The third-order valence-electron chi connectivity index (χ3n) is 2.91. The number of likely N-dealkylation sites (tertiary alicyclic amines) is 1. The van der Waals surface area contributed by atoms with E-state index in [9.17, 15) is 22.8 Å². The second kappa shape index (κ2) is 5.51. The van der Waals surface area contributed by atoms with Crippen LogP contribution >= 0.6 is 0 Å². The van der Waals surface area contributed by atoms with Crippen LogP contribution < -0.4 is 5.32 Å². The number of halogens is 3. The lowest BCUT2D eigenvalue weighted by Gasteiger charge is -2.25. The monoisotopic (exact) mass is 290 g/mol. The van der Waals surface area contributed by atoms with Gasteiger partial charge in [-0.3, -0.25) is 4.79 Å². The van der Waals surface area contributed by atoms with E-state index < -0.39 is 18.1 Å². The number of piperidine rings is 1. The van der Waals surface area contributed by atoms with Gasteiger partial charge in [0.1, 0.15) is 0 Å². The third-order valence-corrected chi connectivity index (χ3v) is 2.91. The molecule has 20 heavy (non-hydrogen) atoms. The van der Waals surface area contributed by atoms with E-state index in [0.717, 1.165) is 30.0 Å². The van der Waals surface area contributed by atoms with Gasteiger partial charge in [-0.15, -0.1) is 5.10 Å². The zero-order valence-corrected chi connectivity index (χ0v) is 10.5. The molecule has 1 aliphatic heterocycles. The number of aromatic nitrogens is 2. The molecule has 1 N–H and O–H groups in total. The van der Waals surface area contributed by atoms with Crippen molar-refractivity contribution in [1.82, 2.24) is 14.7 Å². The molecule has 1 aromatic rings. The van der Waals surface area contributed by atoms with Gasteiger partial charge in [-0.1, -0.05) is 0 Å². The topological polar surface area (TPSA) is 67.2 Å². The van der Waals surface area contributed by atoms with Gasteiger partial charge in [0.15, 0.2) is 5.82 Å². The van der Waals surface area contributed by atoms with Crippen LogP contribution in [0.3, 0.4) is 0 Å². The first-order chi connectivity index (χ1) is 9.38. The largest absolute Gasteiger partial charge is 0.471 e. The summed E-state index contributed by atoms with van der Waals surface area (Å²) in [6.45, 7) is 1.20. The maximum absolute atomic E-state index is 12.1. The smallest absolute Gasteiger partial charge is 0.323 e. The molecule has 6 nitrogen and oxygen atoms in total. The van der Waals surface area contributed by atoms with E-state index in [2.05, 4.69) is 5.10 Å². The van der Waals surface area contributed by atoms with Crippen LogP contribution in [0.5, 0.6) is 0 Å². The van der Waals surface area contributed by atoms with Crippen molar-refractivity contribution in [1.29, 1.82) is 0 Å². The van der Waals surface area contributed by atoms with E-state index in [1.54, 1.807) is 10.2 Å². The Kier molecular flexibility index (Phi) is 3.96. The van der Waals surface area contributed by atoms with Crippen molar-refractivity contribution in [3.05, 3.63) is 12.3 Å². The van der Waals surface area contributed by atoms with Gasteiger partial charge in [0.05, 0.1) is 0 Å². The Bertz CT molecular complexity index is 506. The molecule has 1 aromatic heterocycles. The normalized spacial score (nSPS) is 16.1. The second-order valence-electron chi connectivity index (χ2n) is 4.43. The summed E-state index contributed by atoms with van der Waals surface area (Å²) in [5.41, 5.74) is 0. The van der Waals surface area contributed by atoms with Crippen molar-refractivity contribution in [3.63, 3.8) is 0 Å². The molecule has 9 heteroatoms. The SMILES string of the molecule is O=C(N1CCCCC1)n1ccc(NC(=O)C(F)(F)F)n1. The fraction of sp³-hybridized carbons (Fsp3) is 0.545. The fourth-order valence-electron chi connectivity index (χ4n) is 1.91. The summed E-state index contributed by atoms with van der Waals surface area (Å²) in [5.74, 6) is -2.43. The molecule has 0 saturated carbocycles. The van der Waals surface area contributed by atoms with Crippen LogP contribution in [0.4, 0.5) is 23.8 Å². The zero-order valence-electron chi connectivity index (χ0n) is 10.5. The van der Waals surface area contributed by atoms with Crippen LogP contribution in [0.2, 0.25) is 0 Å². The summed E-state index contributed by atoms with van der Waals surface area (Å²) in [5, 5.41) is 5.23. The Hall–Kier alpha value is -2.06. The number of rotatable bonds is 1. The van der Waals surface area contributed by atoms with Crippen molar-refractivity contribution < 1.29 is 22.8 Å². The van der Waals surface area contributed by atoms with Crippen molar-refractivity contribution in [2.24, 2.45) is 0 Å². The second-order valence-corrected chi connectivity index (χ2v) is 4.43. The van der Waals surface area contributed by atoms with Crippen LogP contribution in [0, 0.1) is 0 Å². The van der Waals surface area contributed by atoms with E-state index in [-0.39, 0.29) is 5.82 Å². The fourth-order valence-corrected chi connectivity index (χ4v) is 1.91. The van der Waals surface area contributed by atoms with Gasteiger partial charge in [0.2, 0.25) is 0 Å². The van der Waals surface area contributed by atoms with Crippen LogP contribution in [-0.4, -0.2) is 45.9 Å². The molecule has 0 spiro atoms. The number of hydrogen-bond donors (Lipinski definition) is 1. The molecule has 0 radical (unpaired) electrons. The first kappa shape index (κ1) is 14.4. The third kappa shape index (κ3) is 3.28. The Morgan fingerprint density at radius 2 is 1.85 bits per heavy atom. The minimum Gasteiger partial charge on any atom is -0.323 e. The van der Waals surface area contributed by atoms with Crippen LogP contribution in [0.15, 0.2) is 12.3 Å². The van der Waals surface area contributed by atoms with Gasteiger partial charge >= 0.3 is 18.1 Å². The number of anilines is 1. The minimum absolute atomic E-state index is 0.308. The molecule has 1 aliphatic rings. The molecule has 110 valence electrons. The maximum atomic E-state index is 12.1. The number of amides is 2. The quantitative estimate of drug-likeness (QED) is 0.858. The summed E-state index contributed by atoms with van der Waals surface area (Å²) < 4.78 is 37.1. The summed E-state index contributed by atoms with van der Waals surface area (Å²) >= 11 is 0. The lowest BCUT2D eigenvalue weighted by molar-refractivity contribution is -0.167. The molecule has 2 amide bonds. The van der Waals surface area contributed by atoms with Gasteiger partial charge < -0.3 is 10.2 Å². The Labute approximate surface area is 112 Å². The predicted octanol–water partition coefficient (Wildman–Crippen LogP) is 1.84. The molecule has 0 unspecified atom stereocenters. The highest BCUT2D eigenvalue weighted by Gasteiger charge is 2.39. The molecule has 0 aliphatic carbocycles. The summed E-state index contributed by atoms with van der Waals surface area (Å²) in [6, 6.07) is 0.739. The number of carbonyl (C=O) groups is 2. The molecular weight excluding hydrogens is 277 g/mol. The predicted molar refractivity (Wildman–Crippen MR) is 63.1 cm³/mol. The molecule has 0 bridgehead atoms. The number of nitrogens with zero attached hydrogens (tertiary/aromatic N) is 3. The van der Waals surface area contributed by atoms with E-state index in [1.807, 2.05) is 0 Å². The van der Waals surface area contributed by atoms with Gasteiger partial charge in [-0.05, 0) is 19.3 Å². The molecule has 0 aromatic carbocycles. The average Bonchev–Trinajstić information content (AvgIpc) is 2.86. The minimum atomic E-state index is -4.99. The van der Waals surface area contributed by atoms with Crippen LogP contribution in [0.25, 0.3) is 0 Å². The standard InChI is InChI=1S/C11H13F3N4O2/c12-11(13,14)9(19)15-8-4-7-18(16-8)10(20)17-5-2-1-3-6-17/h4,7H,1-3,5-6H2,(H,15,16,19). The van der Waals surface area contributed by atoms with E-state index in [0.29, 0.717) is 13.1 Å². The van der Waals surface area contributed by atoms with Crippen molar-refractivity contribution in [2.75, 3.05) is 18.4 Å². The van der Waals surface area contributed by atoms with Gasteiger partial charge in [0, 0.05) is 25.4 Å². The van der Waals surface area contributed by atoms with Crippen LogP contribution in [-0.2, 0) is 4.79 Å². The van der Waals surface area contributed by atoms with Gasteiger partial charge in [-0.25, -0.2) is 4.79 Å². The highest BCUT2D eigenvalue weighted by atomic mass is 19.4. The maximum Gasteiger partial charge on any atom is 0.471 e. The van der Waals surface area contributed by atoms with Gasteiger partial charge in [-0.2, -0.15) is 17.9 Å². The van der Waals surface area contributed by atoms with Crippen LogP contribution in [0.1, 0.15) is 19.3 Å². The van der Waals surface area contributed by atoms with E-state index in [4.69, 9.17) is 0 Å². The summed E-state index contributed by atoms with van der Waals surface area (Å²) in [4.78, 5) is 24.3. The van der Waals surface area contributed by atoms with Crippen molar-refractivity contribution in [3.8, 4) is 0 Å². The molecule has 1 fully saturated rings. The van der Waals surface area contributed by atoms with E-state index >= 15 is 0 Å². The number of alkyl halides is 3. The first-order valence-electron chi connectivity index (χ1n) is 6.11. The number of hydrogen-bond acceptors (Lipinski definition) is 3. The highest BCUT2D eigenvalue weighted by molar-refractivity contribution is 5.94. The Morgan fingerprint density at radius 3 is 2.45 bits per heavy atom. The molecular formula is C11H13F3N4O2. The Balaban J connectivity index is 2.01. The summed E-state index contributed by atoms with van der Waals surface area (Å²) in [6.07, 6.45) is -0.922. The lowest BCUT2D eigenvalue weighted by atomic mass is 10.1. The lowest BCUT2D eigenvalue weighted by Crippen LogP contribution is -2.38. The van der Waals surface area contributed by atoms with E-state index in [1.165, 1.54) is 6.20 Å². The highest BCUT2D eigenvalue weighted by Crippen LogP contribution is 2.17. The molecule has 2 rings (SSSR count). The van der Waals surface area contributed by atoms with Gasteiger partial charge in [0.25, 0.3) is 0 Å². The number of nitrogens with one attached hydrogen (secondary N) is 1. The molecule has 2 heterocycles. The van der Waals surface area contributed by atoms with Crippen molar-refractivity contribution >= 4 is 17.8 Å². The summed E-state index contributed by atoms with van der Waals surface area (Å²) in [7, 11) is 0. The zero-order chi connectivity index (χ0) is 14.8. The molecule has 0 atom stereocenters.